The lowest BCUT2D eigenvalue weighted by Gasteiger charge is -2.35. The van der Waals surface area contributed by atoms with Gasteiger partial charge in [-0.15, -0.1) is 0 Å². The Bertz CT molecular complexity index is 485. The zero-order valence-electron chi connectivity index (χ0n) is 12.1. The predicted octanol–water partition coefficient (Wildman–Crippen LogP) is 2.03. The van der Waals surface area contributed by atoms with Crippen molar-refractivity contribution < 1.29 is 13.9 Å². The second-order valence-electron chi connectivity index (χ2n) is 6.23. The molecule has 1 atom stereocenters. The molecule has 0 aromatic heterocycles. The van der Waals surface area contributed by atoms with Gasteiger partial charge in [-0.25, -0.2) is 8.78 Å². The molecule has 0 amide bonds. The van der Waals surface area contributed by atoms with Crippen LogP contribution in [-0.4, -0.2) is 54.2 Å². The molecule has 1 saturated carbocycles. The molecule has 1 heterocycles. The number of halogens is 2. The molecule has 1 aliphatic heterocycles. The van der Waals surface area contributed by atoms with Crippen molar-refractivity contribution in [1.82, 2.24) is 9.80 Å². The van der Waals surface area contributed by atoms with E-state index < -0.39 is 17.7 Å². The largest absolute Gasteiger partial charge is 0.387 e. The van der Waals surface area contributed by atoms with Crippen molar-refractivity contribution >= 4 is 0 Å². The number of aliphatic hydroxyl groups excluding tert-OH is 1. The second kappa shape index (κ2) is 6.38. The van der Waals surface area contributed by atoms with Crippen molar-refractivity contribution in [2.24, 2.45) is 5.92 Å². The Hall–Kier alpha value is -1.04. The molecule has 0 spiro atoms. The molecule has 1 aromatic rings. The molecule has 1 unspecified atom stereocenters. The lowest BCUT2D eigenvalue weighted by molar-refractivity contribution is 0.0708. The monoisotopic (exact) mass is 296 g/mol. The van der Waals surface area contributed by atoms with Crippen LogP contribution >= 0.6 is 0 Å². The average Bonchev–Trinajstić information content (AvgIpc) is 3.28. The maximum absolute atomic E-state index is 13.2. The van der Waals surface area contributed by atoms with Crippen LogP contribution in [0, 0.1) is 17.6 Å². The zero-order chi connectivity index (χ0) is 14.8. The normalized spacial score (nSPS) is 22.4. The molecule has 21 heavy (non-hydrogen) atoms. The van der Waals surface area contributed by atoms with Gasteiger partial charge in [0.1, 0.15) is 0 Å². The van der Waals surface area contributed by atoms with Crippen LogP contribution in [0.15, 0.2) is 18.2 Å². The van der Waals surface area contributed by atoms with Crippen LogP contribution < -0.4 is 0 Å². The van der Waals surface area contributed by atoms with Crippen molar-refractivity contribution in [3.05, 3.63) is 35.4 Å². The minimum absolute atomic E-state index is 0.439. The molecule has 1 aliphatic carbocycles. The number of hydrogen-bond donors (Lipinski definition) is 1. The first-order chi connectivity index (χ1) is 10.1. The topological polar surface area (TPSA) is 26.7 Å². The molecule has 3 nitrogen and oxygen atoms in total. The highest BCUT2D eigenvalue weighted by molar-refractivity contribution is 5.20. The zero-order valence-corrected chi connectivity index (χ0v) is 12.1. The standard InChI is InChI=1S/C16H22F2N2O/c17-14-4-3-13(9-15(14)18)16(21)11-20-7-5-19(6-8-20)10-12-1-2-12/h3-4,9,12,16,21H,1-2,5-8,10-11H2. The highest BCUT2D eigenvalue weighted by Crippen LogP contribution is 2.30. The number of β-amino-alcohol motifs (C(OH)–C–C–N with tert-alkyl or cyclic N) is 1. The highest BCUT2D eigenvalue weighted by Gasteiger charge is 2.27. The van der Waals surface area contributed by atoms with Crippen LogP contribution in [-0.2, 0) is 0 Å². The van der Waals surface area contributed by atoms with Crippen molar-refractivity contribution in [3.63, 3.8) is 0 Å². The summed E-state index contributed by atoms with van der Waals surface area (Å²) in [5.74, 6) is -0.871. The summed E-state index contributed by atoms with van der Waals surface area (Å²) in [6, 6.07) is 3.61. The van der Waals surface area contributed by atoms with Gasteiger partial charge < -0.3 is 10.0 Å². The molecular formula is C16H22F2N2O. The summed E-state index contributed by atoms with van der Waals surface area (Å²) in [4.78, 5) is 4.67. The number of rotatable bonds is 5. The summed E-state index contributed by atoms with van der Waals surface area (Å²) < 4.78 is 26.1. The van der Waals surface area contributed by atoms with E-state index in [1.54, 1.807) is 0 Å². The van der Waals surface area contributed by atoms with Crippen molar-refractivity contribution in [2.45, 2.75) is 18.9 Å². The van der Waals surface area contributed by atoms with E-state index in [9.17, 15) is 13.9 Å². The molecule has 2 aliphatic rings. The lowest BCUT2D eigenvalue weighted by atomic mass is 10.1. The van der Waals surface area contributed by atoms with Gasteiger partial charge in [0.05, 0.1) is 6.10 Å². The SMILES string of the molecule is OC(CN1CCN(CC2CC2)CC1)c1ccc(F)c(F)c1. The Morgan fingerprint density at radius 1 is 1.05 bits per heavy atom. The van der Waals surface area contributed by atoms with Gasteiger partial charge >= 0.3 is 0 Å². The van der Waals surface area contributed by atoms with E-state index in [1.807, 2.05) is 0 Å². The Morgan fingerprint density at radius 3 is 2.33 bits per heavy atom. The summed E-state index contributed by atoms with van der Waals surface area (Å²) >= 11 is 0. The van der Waals surface area contributed by atoms with Crippen LogP contribution in [0.25, 0.3) is 0 Å². The van der Waals surface area contributed by atoms with Gasteiger partial charge in [0.25, 0.3) is 0 Å². The third kappa shape index (κ3) is 3.99. The van der Waals surface area contributed by atoms with E-state index in [2.05, 4.69) is 9.80 Å². The van der Waals surface area contributed by atoms with E-state index >= 15 is 0 Å². The smallest absolute Gasteiger partial charge is 0.159 e. The molecule has 116 valence electrons. The van der Waals surface area contributed by atoms with Crippen LogP contribution in [0.4, 0.5) is 8.78 Å². The van der Waals surface area contributed by atoms with Gasteiger partial charge in [0, 0.05) is 39.3 Å². The fourth-order valence-electron chi connectivity index (χ4n) is 2.89. The Kier molecular flexibility index (Phi) is 4.52. The average molecular weight is 296 g/mol. The minimum Gasteiger partial charge on any atom is -0.387 e. The molecule has 2 fully saturated rings. The van der Waals surface area contributed by atoms with Crippen LogP contribution in [0.3, 0.4) is 0 Å². The van der Waals surface area contributed by atoms with E-state index in [-0.39, 0.29) is 0 Å². The third-order valence-corrected chi connectivity index (χ3v) is 4.44. The molecule has 1 aromatic carbocycles. The van der Waals surface area contributed by atoms with E-state index in [0.29, 0.717) is 12.1 Å². The molecule has 0 bridgehead atoms. The van der Waals surface area contributed by atoms with Crippen LogP contribution in [0.2, 0.25) is 0 Å². The lowest BCUT2D eigenvalue weighted by Crippen LogP contribution is -2.47. The molecule has 5 heteroatoms. The number of aliphatic hydroxyl groups is 1. The predicted molar refractivity (Wildman–Crippen MR) is 76.9 cm³/mol. The van der Waals surface area contributed by atoms with Gasteiger partial charge in [-0.2, -0.15) is 0 Å². The third-order valence-electron chi connectivity index (χ3n) is 4.44. The Balaban J connectivity index is 1.48. The quantitative estimate of drug-likeness (QED) is 0.900. The molecule has 1 N–H and O–H groups in total. The maximum atomic E-state index is 13.2. The minimum atomic E-state index is -0.902. The molecule has 3 rings (SSSR count). The number of hydrogen-bond acceptors (Lipinski definition) is 3. The van der Waals surface area contributed by atoms with Gasteiger partial charge in [-0.1, -0.05) is 6.07 Å². The van der Waals surface area contributed by atoms with Crippen LogP contribution in [0.5, 0.6) is 0 Å². The Morgan fingerprint density at radius 2 is 1.71 bits per heavy atom. The Labute approximate surface area is 124 Å². The van der Waals surface area contributed by atoms with Gasteiger partial charge in [-0.3, -0.25) is 4.90 Å². The molecule has 0 radical (unpaired) electrons. The maximum Gasteiger partial charge on any atom is 0.159 e. The number of nitrogens with zero attached hydrogens (tertiary/aromatic N) is 2. The van der Waals surface area contributed by atoms with E-state index in [4.69, 9.17) is 0 Å². The summed E-state index contributed by atoms with van der Waals surface area (Å²) in [7, 11) is 0. The van der Waals surface area contributed by atoms with E-state index in [1.165, 1.54) is 25.5 Å². The second-order valence-corrected chi connectivity index (χ2v) is 6.23. The molecule has 1 saturated heterocycles. The van der Waals surface area contributed by atoms with Gasteiger partial charge in [0.15, 0.2) is 11.6 Å². The van der Waals surface area contributed by atoms with E-state index in [0.717, 1.165) is 44.2 Å². The summed E-state index contributed by atoms with van der Waals surface area (Å²) in [5.41, 5.74) is 0.439. The summed E-state index contributed by atoms with van der Waals surface area (Å²) in [5, 5.41) is 10.2. The van der Waals surface area contributed by atoms with Gasteiger partial charge in [0.2, 0.25) is 0 Å². The van der Waals surface area contributed by atoms with Crippen LogP contribution in [0.1, 0.15) is 24.5 Å². The summed E-state index contributed by atoms with van der Waals surface area (Å²) in [6.45, 7) is 5.59. The first kappa shape index (κ1) is 14.9. The van der Waals surface area contributed by atoms with Crippen molar-refractivity contribution in [1.29, 1.82) is 0 Å². The first-order valence-electron chi connectivity index (χ1n) is 7.69. The van der Waals surface area contributed by atoms with Gasteiger partial charge in [-0.05, 0) is 36.5 Å². The fourth-order valence-corrected chi connectivity index (χ4v) is 2.89. The number of piperazine rings is 1. The highest BCUT2D eigenvalue weighted by atomic mass is 19.2. The fraction of sp³-hybridized carbons (Fsp3) is 0.625. The van der Waals surface area contributed by atoms with Crippen molar-refractivity contribution in [3.8, 4) is 0 Å². The first-order valence-corrected chi connectivity index (χ1v) is 7.69. The molecular weight excluding hydrogens is 274 g/mol. The summed E-state index contributed by atoms with van der Waals surface area (Å²) in [6.07, 6.45) is 1.97. The number of benzene rings is 1. The van der Waals surface area contributed by atoms with Crippen molar-refractivity contribution in [2.75, 3.05) is 39.3 Å².